The molecular formula is C23H24BrFN6O3. The molecule has 2 amide bonds. The Bertz CT molecular complexity index is 1200. The van der Waals surface area contributed by atoms with Crippen LogP contribution in [0.2, 0.25) is 0 Å². The Morgan fingerprint density at radius 1 is 1.41 bits per heavy atom. The molecule has 1 aliphatic heterocycles. The number of benzene rings is 1. The van der Waals surface area contributed by atoms with E-state index in [1.807, 2.05) is 6.92 Å². The summed E-state index contributed by atoms with van der Waals surface area (Å²) in [4.78, 5) is 24.6. The van der Waals surface area contributed by atoms with E-state index in [9.17, 15) is 19.2 Å². The maximum atomic E-state index is 13.6. The minimum atomic E-state index is -1.02. The van der Waals surface area contributed by atoms with Gasteiger partial charge in [0.15, 0.2) is 5.60 Å². The van der Waals surface area contributed by atoms with Crippen LogP contribution in [0.15, 0.2) is 40.2 Å². The first-order chi connectivity index (χ1) is 16.2. The second-order valence-corrected chi connectivity index (χ2v) is 9.81. The predicted octanol–water partition coefficient (Wildman–Crippen LogP) is 3.80. The van der Waals surface area contributed by atoms with Gasteiger partial charge in [0.2, 0.25) is 0 Å². The molecule has 1 atom stereocenters. The Kier molecular flexibility index (Phi) is 6.45. The highest BCUT2D eigenvalue weighted by Crippen LogP contribution is 2.47. The van der Waals surface area contributed by atoms with E-state index >= 15 is 0 Å². The van der Waals surface area contributed by atoms with Gasteiger partial charge < -0.3 is 10.1 Å². The van der Waals surface area contributed by atoms with Crippen molar-refractivity contribution in [2.24, 2.45) is 17.6 Å². The number of aryl methyl sites for hydroxylation is 1. The lowest BCUT2D eigenvalue weighted by Crippen LogP contribution is -2.54. The molecular weight excluding hydrogens is 507 g/mol. The van der Waals surface area contributed by atoms with Crippen LogP contribution in [0, 0.1) is 22.6 Å². The van der Waals surface area contributed by atoms with Gasteiger partial charge in [-0.3, -0.25) is 9.48 Å². The minimum absolute atomic E-state index is 0.246. The number of halogens is 2. The van der Waals surface area contributed by atoms with Gasteiger partial charge in [-0.1, -0.05) is 15.9 Å². The third-order valence-corrected chi connectivity index (χ3v) is 7.11. The van der Waals surface area contributed by atoms with Crippen molar-refractivity contribution in [2.75, 3.05) is 0 Å². The molecule has 1 aromatic heterocycles. The zero-order chi connectivity index (χ0) is 24.5. The number of nitrogens with zero attached hydrogens (tertiary/aromatic N) is 4. The quantitative estimate of drug-likeness (QED) is 0.608. The van der Waals surface area contributed by atoms with Crippen LogP contribution in [0.4, 0.5) is 9.18 Å². The number of rotatable bonds is 5. The summed E-state index contributed by atoms with van der Waals surface area (Å²) in [6.45, 7) is 1.87. The molecule has 1 aliphatic carbocycles. The topological polar surface area (TPSA) is 121 Å². The van der Waals surface area contributed by atoms with Crippen LogP contribution in [0.1, 0.15) is 54.9 Å². The summed E-state index contributed by atoms with van der Waals surface area (Å²) in [5, 5.41) is 21.3. The van der Waals surface area contributed by atoms with Gasteiger partial charge in [0.25, 0.3) is 5.91 Å². The fraction of sp³-hybridized carbons (Fsp3) is 0.435. The second kappa shape index (κ2) is 9.18. The molecule has 1 spiro atoms. The number of aromatic nitrogens is 2. The Balaban J connectivity index is 1.50. The van der Waals surface area contributed by atoms with E-state index in [-0.39, 0.29) is 11.9 Å². The molecule has 4 rings (SSSR count). The predicted molar refractivity (Wildman–Crippen MR) is 124 cm³/mol. The molecule has 9 nitrogen and oxygen atoms in total. The smallest absolute Gasteiger partial charge is 0.428 e. The van der Waals surface area contributed by atoms with Crippen LogP contribution in [0.5, 0.6) is 0 Å². The van der Waals surface area contributed by atoms with Crippen LogP contribution >= 0.6 is 15.9 Å². The number of nitrogens with one attached hydrogen (secondary N) is 2. The van der Waals surface area contributed by atoms with Crippen molar-refractivity contribution < 1.29 is 18.7 Å². The van der Waals surface area contributed by atoms with E-state index < -0.39 is 22.9 Å². The molecule has 2 N–H and O–H groups in total. The fourth-order valence-corrected chi connectivity index (χ4v) is 5.29. The maximum absolute atomic E-state index is 13.6. The average Bonchev–Trinajstić information content (AvgIpc) is 3.23. The zero-order valence-corrected chi connectivity index (χ0v) is 20.4. The van der Waals surface area contributed by atoms with Crippen molar-refractivity contribution >= 4 is 33.6 Å². The monoisotopic (exact) mass is 530 g/mol. The summed E-state index contributed by atoms with van der Waals surface area (Å²) in [6.07, 6.45) is 4.55. The molecule has 0 saturated heterocycles. The molecule has 11 heteroatoms. The largest absolute Gasteiger partial charge is 0.435 e. The summed E-state index contributed by atoms with van der Waals surface area (Å²) in [5.74, 6) is -0.649. The molecule has 34 heavy (non-hydrogen) atoms. The van der Waals surface area contributed by atoms with Gasteiger partial charge in [-0.05, 0) is 57.2 Å². The fourth-order valence-electron chi connectivity index (χ4n) is 4.75. The third kappa shape index (κ3) is 4.68. The Morgan fingerprint density at radius 2 is 2.15 bits per heavy atom. The van der Waals surface area contributed by atoms with E-state index in [4.69, 9.17) is 4.74 Å². The molecule has 178 valence electrons. The highest BCUT2D eigenvalue weighted by atomic mass is 79.9. The van der Waals surface area contributed by atoms with E-state index in [0.717, 1.165) is 0 Å². The van der Waals surface area contributed by atoms with Gasteiger partial charge >= 0.3 is 6.09 Å². The Morgan fingerprint density at radius 3 is 2.76 bits per heavy atom. The van der Waals surface area contributed by atoms with Gasteiger partial charge in [0.1, 0.15) is 11.5 Å². The van der Waals surface area contributed by atoms with Gasteiger partial charge in [-0.25, -0.2) is 14.6 Å². The third-order valence-electron chi connectivity index (χ3n) is 6.46. The van der Waals surface area contributed by atoms with Crippen molar-refractivity contribution in [3.05, 3.63) is 52.0 Å². The minimum Gasteiger partial charge on any atom is -0.435 e. The van der Waals surface area contributed by atoms with Crippen molar-refractivity contribution in [1.29, 1.82) is 5.26 Å². The molecule has 1 saturated carbocycles. The van der Waals surface area contributed by atoms with Crippen LogP contribution in [0.25, 0.3) is 0 Å². The van der Waals surface area contributed by atoms with E-state index in [0.29, 0.717) is 53.4 Å². The average molecular weight is 531 g/mol. The van der Waals surface area contributed by atoms with Gasteiger partial charge in [0.05, 0.1) is 23.2 Å². The van der Waals surface area contributed by atoms with Crippen LogP contribution in [0.3, 0.4) is 0 Å². The Labute approximate surface area is 204 Å². The summed E-state index contributed by atoms with van der Waals surface area (Å²) < 4.78 is 21.4. The number of nitriles is 1. The molecule has 0 radical (unpaired) electrons. The van der Waals surface area contributed by atoms with Crippen molar-refractivity contribution in [3.63, 3.8) is 0 Å². The normalized spacial score (nSPS) is 25.0. The first-order valence-corrected chi connectivity index (χ1v) is 11.7. The lowest BCUT2D eigenvalue weighted by Gasteiger charge is -2.45. The zero-order valence-electron chi connectivity index (χ0n) is 18.8. The first-order valence-electron chi connectivity index (χ1n) is 10.9. The summed E-state index contributed by atoms with van der Waals surface area (Å²) in [5.41, 5.74) is 2.18. The number of ether oxygens (including phenoxy) is 1. The molecule has 1 fully saturated rings. The van der Waals surface area contributed by atoms with Gasteiger partial charge in [0, 0.05) is 29.3 Å². The number of carbonyl (C=O) groups excluding carboxylic acids is 2. The number of carbonyl (C=O) groups is 2. The SMILES string of the molecule is C[C@@H](CC1(C#N)CCC2(CC1)OC(=O)NN=C2c1ccc(F)cc1Br)NC(=O)c1cnn(C)c1. The summed E-state index contributed by atoms with van der Waals surface area (Å²) in [7, 11) is 1.73. The van der Waals surface area contributed by atoms with E-state index in [2.05, 4.69) is 42.9 Å². The van der Waals surface area contributed by atoms with Gasteiger partial charge in [-0.15, -0.1) is 0 Å². The number of hydrazone groups is 1. The van der Waals surface area contributed by atoms with Crippen molar-refractivity contribution in [3.8, 4) is 6.07 Å². The van der Waals surface area contributed by atoms with Gasteiger partial charge in [-0.2, -0.15) is 15.5 Å². The standard InChI is InChI=1S/C23H24BrFN6O3/c1-14(28-20(32)15-11-27-31(2)12-15)10-22(13-26)5-7-23(8-6-22)19(29-30-21(33)34-23)17-4-3-16(25)9-18(17)24/h3-4,9,11-12,14H,5-8,10H2,1-2H3,(H,28,32)(H,30,33)/t14-,22?,23?/m0/s1. The Hall–Kier alpha value is -3.26. The number of amides is 2. The first kappa shape index (κ1) is 23.9. The molecule has 2 aromatic rings. The summed E-state index contributed by atoms with van der Waals surface area (Å²) in [6, 6.07) is 6.43. The molecule has 0 bridgehead atoms. The lowest BCUT2D eigenvalue weighted by atomic mass is 9.65. The number of hydrogen-bond donors (Lipinski definition) is 2. The van der Waals surface area contributed by atoms with Crippen LogP contribution in [-0.2, 0) is 11.8 Å². The van der Waals surface area contributed by atoms with Crippen LogP contribution < -0.4 is 10.7 Å². The van der Waals surface area contributed by atoms with E-state index in [1.54, 1.807) is 24.0 Å². The molecule has 0 unspecified atom stereocenters. The molecule has 2 heterocycles. The maximum Gasteiger partial charge on any atom is 0.428 e. The van der Waals surface area contributed by atoms with Crippen molar-refractivity contribution in [1.82, 2.24) is 20.5 Å². The summed E-state index contributed by atoms with van der Waals surface area (Å²) >= 11 is 3.37. The molecule has 1 aromatic carbocycles. The van der Waals surface area contributed by atoms with Crippen molar-refractivity contribution in [2.45, 2.75) is 50.7 Å². The lowest BCUT2D eigenvalue weighted by molar-refractivity contribution is 0.00353. The van der Waals surface area contributed by atoms with E-state index in [1.165, 1.54) is 18.3 Å². The second-order valence-electron chi connectivity index (χ2n) is 8.95. The van der Waals surface area contributed by atoms with Crippen LogP contribution in [-0.4, -0.2) is 39.1 Å². The molecule has 2 aliphatic rings. The number of hydrogen-bond acceptors (Lipinski definition) is 6. The highest BCUT2D eigenvalue weighted by Gasteiger charge is 2.51. The highest BCUT2D eigenvalue weighted by molar-refractivity contribution is 9.10.